The summed E-state index contributed by atoms with van der Waals surface area (Å²) in [5, 5.41) is 4.28. The Hall–Kier alpha value is -0.610. The van der Waals surface area contributed by atoms with Gasteiger partial charge in [0, 0.05) is 30.7 Å². The van der Waals surface area contributed by atoms with E-state index in [2.05, 4.69) is 29.3 Å². The molecule has 1 aliphatic heterocycles. The van der Waals surface area contributed by atoms with E-state index in [-0.39, 0.29) is 0 Å². The average Bonchev–Trinajstić information content (AvgIpc) is 2.43. The number of hydrogen-bond acceptors (Lipinski definition) is 3. The number of benzene rings is 1. The normalized spacial score (nSPS) is 20.6. The van der Waals surface area contributed by atoms with Crippen LogP contribution in [-0.2, 0) is 11.3 Å². The molecule has 19 heavy (non-hydrogen) atoms. The number of rotatable bonds is 6. The van der Waals surface area contributed by atoms with Crippen molar-refractivity contribution in [2.24, 2.45) is 0 Å². The van der Waals surface area contributed by atoms with Gasteiger partial charge >= 0.3 is 0 Å². The molecular weight excluding hydrogens is 260 g/mol. The molecule has 0 aromatic heterocycles. The molecule has 2 rings (SSSR count). The number of nitrogens with zero attached hydrogens (tertiary/aromatic N) is 1. The maximum atomic E-state index is 5.92. The summed E-state index contributed by atoms with van der Waals surface area (Å²) in [4.78, 5) is 2.50. The van der Waals surface area contributed by atoms with E-state index < -0.39 is 0 Å². The van der Waals surface area contributed by atoms with Gasteiger partial charge in [-0.3, -0.25) is 4.90 Å². The second-order valence-corrected chi connectivity index (χ2v) is 5.47. The van der Waals surface area contributed by atoms with Crippen molar-refractivity contribution < 1.29 is 4.74 Å². The topological polar surface area (TPSA) is 24.5 Å². The minimum atomic E-state index is 0.468. The van der Waals surface area contributed by atoms with Crippen molar-refractivity contribution in [1.82, 2.24) is 10.2 Å². The van der Waals surface area contributed by atoms with Crippen LogP contribution in [0.2, 0.25) is 5.02 Å². The minimum Gasteiger partial charge on any atom is -0.378 e. The van der Waals surface area contributed by atoms with Crippen molar-refractivity contribution in [2.45, 2.75) is 25.9 Å². The first-order valence-corrected chi connectivity index (χ1v) is 7.44. The first-order chi connectivity index (χ1) is 9.29. The van der Waals surface area contributed by atoms with Gasteiger partial charge in [-0.15, -0.1) is 0 Å². The van der Waals surface area contributed by atoms with Crippen LogP contribution in [0.15, 0.2) is 24.3 Å². The van der Waals surface area contributed by atoms with Gasteiger partial charge in [0.25, 0.3) is 0 Å². The second-order valence-electron chi connectivity index (χ2n) is 5.03. The maximum Gasteiger partial charge on any atom is 0.0635 e. The molecule has 1 saturated heterocycles. The highest BCUT2D eigenvalue weighted by atomic mass is 35.5. The first-order valence-electron chi connectivity index (χ1n) is 7.06. The van der Waals surface area contributed by atoms with Crippen LogP contribution in [0.4, 0.5) is 0 Å². The van der Waals surface area contributed by atoms with Gasteiger partial charge in [-0.2, -0.15) is 0 Å². The Balaban J connectivity index is 1.89. The van der Waals surface area contributed by atoms with E-state index in [9.17, 15) is 0 Å². The summed E-state index contributed by atoms with van der Waals surface area (Å²) in [6.45, 7) is 7.89. The molecule has 0 spiro atoms. The zero-order valence-electron chi connectivity index (χ0n) is 11.6. The summed E-state index contributed by atoms with van der Waals surface area (Å²) in [5.74, 6) is 0. The monoisotopic (exact) mass is 282 g/mol. The lowest BCUT2D eigenvalue weighted by Crippen LogP contribution is -2.49. The fourth-order valence-electron chi connectivity index (χ4n) is 2.36. The maximum absolute atomic E-state index is 5.92. The van der Waals surface area contributed by atoms with Gasteiger partial charge in [-0.1, -0.05) is 30.7 Å². The summed E-state index contributed by atoms with van der Waals surface area (Å²) >= 11 is 5.92. The Bertz CT molecular complexity index is 369. The van der Waals surface area contributed by atoms with Crippen LogP contribution < -0.4 is 5.32 Å². The first kappa shape index (κ1) is 14.8. The molecule has 106 valence electrons. The molecule has 3 nitrogen and oxygen atoms in total. The molecule has 1 atom stereocenters. The Morgan fingerprint density at radius 1 is 1.37 bits per heavy atom. The molecule has 0 aliphatic carbocycles. The lowest BCUT2D eigenvalue weighted by atomic mass is 10.1. The number of nitrogens with one attached hydrogen (secondary N) is 1. The average molecular weight is 283 g/mol. The van der Waals surface area contributed by atoms with E-state index in [1.54, 1.807) is 0 Å². The third-order valence-electron chi connectivity index (χ3n) is 3.46. The zero-order valence-corrected chi connectivity index (χ0v) is 12.3. The molecule has 1 aliphatic rings. The zero-order chi connectivity index (χ0) is 13.5. The number of hydrogen-bond donors (Lipinski definition) is 1. The van der Waals surface area contributed by atoms with E-state index in [0.29, 0.717) is 6.04 Å². The van der Waals surface area contributed by atoms with Crippen LogP contribution in [0.5, 0.6) is 0 Å². The van der Waals surface area contributed by atoms with Crippen LogP contribution in [0.3, 0.4) is 0 Å². The highest BCUT2D eigenvalue weighted by molar-refractivity contribution is 6.30. The number of halogens is 1. The Morgan fingerprint density at radius 3 is 2.89 bits per heavy atom. The van der Waals surface area contributed by atoms with Gasteiger partial charge in [0.2, 0.25) is 0 Å². The van der Waals surface area contributed by atoms with E-state index >= 15 is 0 Å². The third-order valence-corrected chi connectivity index (χ3v) is 3.71. The molecule has 1 unspecified atom stereocenters. The lowest BCUT2D eigenvalue weighted by Gasteiger charge is -2.35. The van der Waals surface area contributed by atoms with Crippen LogP contribution in [0.25, 0.3) is 0 Å². The van der Waals surface area contributed by atoms with E-state index in [1.807, 2.05) is 12.1 Å². The SMILES string of the molecule is CCCNCC1COCCN1Cc1ccc(Cl)cc1. The van der Waals surface area contributed by atoms with Gasteiger partial charge in [0.05, 0.1) is 13.2 Å². The van der Waals surface area contributed by atoms with Gasteiger partial charge in [0.1, 0.15) is 0 Å². The van der Waals surface area contributed by atoms with Crippen LogP contribution in [0.1, 0.15) is 18.9 Å². The minimum absolute atomic E-state index is 0.468. The highest BCUT2D eigenvalue weighted by Gasteiger charge is 2.22. The molecule has 1 fully saturated rings. The standard InChI is InChI=1S/C15H23ClN2O/c1-2-7-17-10-15-12-19-9-8-18(15)11-13-3-5-14(16)6-4-13/h3-6,15,17H,2,7-12H2,1H3. The van der Waals surface area contributed by atoms with Crippen molar-refractivity contribution in [3.05, 3.63) is 34.9 Å². The largest absolute Gasteiger partial charge is 0.378 e. The summed E-state index contributed by atoms with van der Waals surface area (Å²) in [7, 11) is 0. The molecule has 0 saturated carbocycles. The fourth-order valence-corrected chi connectivity index (χ4v) is 2.48. The Kier molecular flexibility index (Phi) is 6.11. The predicted octanol–water partition coefficient (Wildman–Crippen LogP) is 2.54. The molecule has 1 aromatic rings. The smallest absolute Gasteiger partial charge is 0.0635 e. The fraction of sp³-hybridized carbons (Fsp3) is 0.600. The van der Waals surface area contributed by atoms with Crippen LogP contribution in [0, 0.1) is 0 Å². The van der Waals surface area contributed by atoms with Crippen LogP contribution >= 0.6 is 11.6 Å². The van der Waals surface area contributed by atoms with Crippen molar-refractivity contribution in [1.29, 1.82) is 0 Å². The van der Waals surface area contributed by atoms with E-state index in [1.165, 1.54) is 12.0 Å². The van der Waals surface area contributed by atoms with Gasteiger partial charge in [-0.25, -0.2) is 0 Å². The van der Waals surface area contributed by atoms with Gasteiger partial charge in [-0.05, 0) is 30.7 Å². The second kappa shape index (κ2) is 7.85. The summed E-state index contributed by atoms with van der Waals surface area (Å²) in [5.41, 5.74) is 1.31. The van der Waals surface area contributed by atoms with Crippen molar-refractivity contribution in [3.8, 4) is 0 Å². The number of morpholine rings is 1. The summed E-state index contributed by atoms with van der Waals surface area (Å²) < 4.78 is 5.60. The Labute approximate surface area is 120 Å². The van der Waals surface area contributed by atoms with E-state index in [0.717, 1.165) is 44.4 Å². The molecule has 0 radical (unpaired) electrons. The molecule has 1 N–H and O–H groups in total. The summed E-state index contributed by atoms with van der Waals surface area (Å²) in [6.07, 6.45) is 1.17. The Morgan fingerprint density at radius 2 is 2.16 bits per heavy atom. The molecule has 4 heteroatoms. The van der Waals surface area contributed by atoms with Crippen LogP contribution in [-0.4, -0.2) is 43.8 Å². The third kappa shape index (κ3) is 4.77. The van der Waals surface area contributed by atoms with Gasteiger partial charge in [0.15, 0.2) is 0 Å². The quantitative estimate of drug-likeness (QED) is 0.812. The van der Waals surface area contributed by atoms with E-state index in [4.69, 9.17) is 16.3 Å². The van der Waals surface area contributed by atoms with Crippen molar-refractivity contribution >= 4 is 11.6 Å². The molecule has 0 amide bonds. The highest BCUT2D eigenvalue weighted by Crippen LogP contribution is 2.14. The number of ether oxygens (including phenoxy) is 1. The lowest BCUT2D eigenvalue weighted by molar-refractivity contribution is -0.0108. The predicted molar refractivity (Wildman–Crippen MR) is 79.6 cm³/mol. The molecular formula is C15H23ClN2O. The van der Waals surface area contributed by atoms with Crippen molar-refractivity contribution in [3.63, 3.8) is 0 Å². The van der Waals surface area contributed by atoms with Gasteiger partial charge < -0.3 is 10.1 Å². The van der Waals surface area contributed by atoms with Crippen molar-refractivity contribution in [2.75, 3.05) is 32.8 Å². The molecule has 1 aromatic carbocycles. The summed E-state index contributed by atoms with van der Waals surface area (Å²) in [6, 6.07) is 8.60. The molecule has 1 heterocycles. The molecule has 0 bridgehead atoms.